The second kappa shape index (κ2) is 3.87. The predicted molar refractivity (Wildman–Crippen MR) is 54.8 cm³/mol. The molecule has 1 amide bonds. The first-order chi connectivity index (χ1) is 6.72. The Kier molecular flexibility index (Phi) is 2.74. The lowest BCUT2D eigenvalue weighted by atomic mass is 10.2. The van der Waals surface area contributed by atoms with Crippen LogP contribution in [0.5, 0.6) is 0 Å². The molecular weight excluding hydrogens is 178 g/mol. The van der Waals surface area contributed by atoms with Gasteiger partial charge in [0.15, 0.2) is 0 Å². The second-order valence-electron chi connectivity index (χ2n) is 4.38. The molecule has 2 N–H and O–H groups in total. The Hall–Kier alpha value is -0.610. The summed E-state index contributed by atoms with van der Waals surface area (Å²) in [7, 11) is 2.18. The van der Waals surface area contributed by atoms with E-state index in [1.165, 1.54) is 12.8 Å². The summed E-state index contributed by atoms with van der Waals surface area (Å²) in [6, 6.07) is 1.35. The Labute approximate surface area is 85.0 Å². The highest BCUT2D eigenvalue weighted by molar-refractivity contribution is 5.78. The Morgan fingerprint density at radius 3 is 2.71 bits per heavy atom. The molecule has 14 heavy (non-hydrogen) atoms. The van der Waals surface area contributed by atoms with Crippen molar-refractivity contribution < 1.29 is 4.79 Å². The standard InChI is InChI=1S/C10H19N3O/c1-12(8-2-3-8)9-4-5-13(7-9)10(14)6-11/h8-9H,2-7,11H2,1H3/t9-/m1/s1. The molecule has 80 valence electrons. The van der Waals surface area contributed by atoms with Crippen molar-refractivity contribution >= 4 is 5.91 Å². The minimum atomic E-state index is 0.0942. The van der Waals surface area contributed by atoms with E-state index in [0.717, 1.165) is 25.6 Å². The van der Waals surface area contributed by atoms with Gasteiger partial charge in [-0.2, -0.15) is 0 Å². The summed E-state index contributed by atoms with van der Waals surface area (Å²) in [4.78, 5) is 15.7. The highest BCUT2D eigenvalue weighted by Crippen LogP contribution is 2.29. The fraction of sp³-hybridized carbons (Fsp3) is 0.900. The summed E-state index contributed by atoms with van der Waals surface area (Å²) in [6.07, 6.45) is 3.77. The Bertz CT molecular complexity index is 227. The van der Waals surface area contributed by atoms with E-state index in [1.54, 1.807) is 0 Å². The molecule has 0 unspecified atom stereocenters. The molecule has 4 nitrogen and oxygen atoms in total. The maximum absolute atomic E-state index is 11.4. The van der Waals surface area contributed by atoms with Gasteiger partial charge in [0.1, 0.15) is 0 Å². The van der Waals surface area contributed by atoms with Crippen molar-refractivity contribution in [1.29, 1.82) is 0 Å². The lowest BCUT2D eigenvalue weighted by Crippen LogP contribution is -2.39. The van der Waals surface area contributed by atoms with Crippen LogP contribution in [0.2, 0.25) is 0 Å². The summed E-state index contributed by atoms with van der Waals surface area (Å²) in [6.45, 7) is 1.92. The molecule has 0 bridgehead atoms. The predicted octanol–water partition coefficient (Wildman–Crippen LogP) is -0.360. The number of hydrogen-bond donors (Lipinski definition) is 1. The van der Waals surface area contributed by atoms with Crippen LogP contribution >= 0.6 is 0 Å². The molecule has 1 atom stereocenters. The van der Waals surface area contributed by atoms with Crippen molar-refractivity contribution in [2.45, 2.75) is 31.3 Å². The van der Waals surface area contributed by atoms with Gasteiger partial charge < -0.3 is 10.6 Å². The number of nitrogens with two attached hydrogens (primary N) is 1. The molecule has 2 aliphatic rings. The second-order valence-corrected chi connectivity index (χ2v) is 4.38. The molecule has 1 aliphatic carbocycles. The molecule has 2 rings (SSSR count). The van der Waals surface area contributed by atoms with E-state index in [2.05, 4.69) is 11.9 Å². The Morgan fingerprint density at radius 1 is 1.43 bits per heavy atom. The van der Waals surface area contributed by atoms with Crippen molar-refractivity contribution in [3.05, 3.63) is 0 Å². The molecule has 4 heteroatoms. The monoisotopic (exact) mass is 197 g/mol. The number of likely N-dealkylation sites (tertiary alicyclic amines) is 1. The van der Waals surface area contributed by atoms with Gasteiger partial charge in [0, 0.05) is 25.2 Å². The molecular formula is C10H19N3O. The SMILES string of the molecule is CN(C1CC1)[C@@H]1CCN(C(=O)CN)C1. The van der Waals surface area contributed by atoms with E-state index in [0.29, 0.717) is 6.04 Å². The van der Waals surface area contributed by atoms with E-state index in [4.69, 9.17) is 5.73 Å². The van der Waals surface area contributed by atoms with Gasteiger partial charge in [-0.05, 0) is 26.3 Å². The zero-order chi connectivity index (χ0) is 10.1. The number of carbonyl (C=O) groups excluding carboxylic acids is 1. The van der Waals surface area contributed by atoms with Crippen LogP contribution in [0, 0.1) is 0 Å². The average Bonchev–Trinajstić information content (AvgIpc) is 2.93. The van der Waals surface area contributed by atoms with Gasteiger partial charge in [-0.3, -0.25) is 9.69 Å². The molecule has 0 aromatic carbocycles. The van der Waals surface area contributed by atoms with E-state index >= 15 is 0 Å². The Morgan fingerprint density at radius 2 is 2.14 bits per heavy atom. The van der Waals surface area contributed by atoms with Crippen LogP contribution < -0.4 is 5.73 Å². The third-order valence-electron chi connectivity index (χ3n) is 3.39. The van der Waals surface area contributed by atoms with Crippen LogP contribution in [-0.4, -0.2) is 54.5 Å². The molecule has 0 spiro atoms. The van der Waals surface area contributed by atoms with Gasteiger partial charge in [0.25, 0.3) is 0 Å². The number of nitrogens with zero attached hydrogens (tertiary/aromatic N) is 2. The molecule has 0 aromatic rings. The first-order valence-corrected chi connectivity index (χ1v) is 5.42. The number of rotatable bonds is 3. The van der Waals surface area contributed by atoms with Gasteiger partial charge in [0.2, 0.25) is 5.91 Å². The summed E-state index contributed by atoms with van der Waals surface area (Å²) in [5.74, 6) is 0.0942. The normalized spacial score (nSPS) is 27.4. The van der Waals surface area contributed by atoms with Crippen LogP contribution in [0.25, 0.3) is 0 Å². The summed E-state index contributed by atoms with van der Waals surface area (Å²) >= 11 is 0. The van der Waals surface area contributed by atoms with Crippen molar-refractivity contribution in [3.63, 3.8) is 0 Å². The van der Waals surface area contributed by atoms with E-state index in [9.17, 15) is 4.79 Å². The fourth-order valence-corrected chi connectivity index (χ4v) is 2.21. The highest BCUT2D eigenvalue weighted by atomic mass is 16.2. The van der Waals surface area contributed by atoms with Gasteiger partial charge in [-0.25, -0.2) is 0 Å². The average molecular weight is 197 g/mol. The molecule has 1 heterocycles. The van der Waals surface area contributed by atoms with Crippen LogP contribution in [0.3, 0.4) is 0 Å². The van der Waals surface area contributed by atoms with E-state index < -0.39 is 0 Å². The first-order valence-electron chi connectivity index (χ1n) is 5.42. The van der Waals surface area contributed by atoms with Crippen molar-refractivity contribution in [1.82, 2.24) is 9.80 Å². The summed E-state index contributed by atoms with van der Waals surface area (Å²) in [5.41, 5.74) is 5.34. The van der Waals surface area contributed by atoms with Crippen LogP contribution in [0.1, 0.15) is 19.3 Å². The number of hydrogen-bond acceptors (Lipinski definition) is 3. The van der Waals surface area contributed by atoms with E-state index in [-0.39, 0.29) is 12.5 Å². The van der Waals surface area contributed by atoms with Crippen molar-refractivity contribution in [3.8, 4) is 0 Å². The minimum Gasteiger partial charge on any atom is -0.340 e. The Balaban J connectivity index is 1.84. The quantitative estimate of drug-likeness (QED) is 0.672. The van der Waals surface area contributed by atoms with Crippen LogP contribution in [0.4, 0.5) is 0 Å². The maximum atomic E-state index is 11.4. The smallest absolute Gasteiger partial charge is 0.236 e. The zero-order valence-electron chi connectivity index (χ0n) is 8.78. The third kappa shape index (κ3) is 1.91. The van der Waals surface area contributed by atoms with Crippen LogP contribution in [-0.2, 0) is 4.79 Å². The van der Waals surface area contributed by atoms with Gasteiger partial charge >= 0.3 is 0 Å². The zero-order valence-corrected chi connectivity index (χ0v) is 8.78. The number of likely N-dealkylation sites (N-methyl/N-ethyl adjacent to an activating group) is 1. The van der Waals surface area contributed by atoms with E-state index in [1.807, 2.05) is 4.90 Å². The first kappa shape index (κ1) is 9.93. The molecule has 1 saturated heterocycles. The lowest BCUT2D eigenvalue weighted by molar-refractivity contribution is -0.128. The van der Waals surface area contributed by atoms with Crippen molar-refractivity contribution in [2.75, 3.05) is 26.7 Å². The molecule has 0 radical (unpaired) electrons. The lowest BCUT2D eigenvalue weighted by Gasteiger charge is -2.24. The van der Waals surface area contributed by atoms with Crippen LogP contribution in [0.15, 0.2) is 0 Å². The minimum absolute atomic E-state index is 0.0942. The highest BCUT2D eigenvalue weighted by Gasteiger charge is 2.35. The summed E-state index contributed by atoms with van der Waals surface area (Å²) < 4.78 is 0. The van der Waals surface area contributed by atoms with Crippen molar-refractivity contribution in [2.24, 2.45) is 5.73 Å². The number of amides is 1. The van der Waals surface area contributed by atoms with Gasteiger partial charge in [-0.15, -0.1) is 0 Å². The largest absolute Gasteiger partial charge is 0.340 e. The molecule has 2 fully saturated rings. The number of carbonyl (C=O) groups is 1. The van der Waals surface area contributed by atoms with Gasteiger partial charge in [0.05, 0.1) is 6.54 Å². The maximum Gasteiger partial charge on any atom is 0.236 e. The molecule has 1 saturated carbocycles. The topological polar surface area (TPSA) is 49.6 Å². The third-order valence-corrected chi connectivity index (χ3v) is 3.39. The van der Waals surface area contributed by atoms with Gasteiger partial charge in [-0.1, -0.05) is 0 Å². The molecule has 1 aliphatic heterocycles. The summed E-state index contributed by atoms with van der Waals surface area (Å²) in [5, 5.41) is 0. The fourth-order valence-electron chi connectivity index (χ4n) is 2.21. The molecule has 0 aromatic heterocycles.